The van der Waals surface area contributed by atoms with Gasteiger partial charge in [-0.3, -0.25) is 0 Å². The van der Waals surface area contributed by atoms with E-state index in [0.29, 0.717) is 17.9 Å². The SMILES string of the molecule is CC1(C)OC(=O)C(=CNc2ccc(NCC3CCCO3)c(C(=O)O)c2)C(=O)O1. The highest BCUT2D eigenvalue weighted by molar-refractivity contribution is 6.15. The number of benzene rings is 1. The van der Waals surface area contributed by atoms with E-state index in [4.69, 9.17) is 14.2 Å². The summed E-state index contributed by atoms with van der Waals surface area (Å²) >= 11 is 0. The maximum Gasteiger partial charge on any atom is 0.350 e. The van der Waals surface area contributed by atoms with Crippen molar-refractivity contribution in [2.75, 3.05) is 23.8 Å². The summed E-state index contributed by atoms with van der Waals surface area (Å²) in [6.07, 6.45) is 3.14. The van der Waals surface area contributed by atoms with Crippen molar-refractivity contribution in [2.24, 2.45) is 0 Å². The average molecular weight is 390 g/mol. The summed E-state index contributed by atoms with van der Waals surface area (Å²) < 4.78 is 15.5. The molecule has 3 N–H and O–H groups in total. The van der Waals surface area contributed by atoms with E-state index in [1.807, 2.05) is 0 Å². The van der Waals surface area contributed by atoms with Crippen LogP contribution in [0.1, 0.15) is 37.0 Å². The molecule has 28 heavy (non-hydrogen) atoms. The molecule has 0 bridgehead atoms. The Kier molecular flexibility index (Phi) is 5.55. The van der Waals surface area contributed by atoms with Gasteiger partial charge in [0, 0.05) is 44.6 Å². The number of anilines is 2. The maximum absolute atomic E-state index is 11.9. The normalized spacial score (nSPS) is 20.9. The predicted octanol–water partition coefficient (Wildman–Crippen LogP) is 2.11. The van der Waals surface area contributed by atoms with Crippen LogP contribution in [0.2, 0.25) is 0 Å². The molecule has 2 aliphatic heterocycles. The minimum atomic E-state index is -1.32. The number of carboxylic acids is 1. The lowest BCUT2D eigenvalue weighted by molar-refractivity contribution is -0.222. The van der Waals surface area contributed by atoms with Gasteiger partial charge in [0.25, 0.3) is 5.79 Å². The Hall–Kier alpha value is -3.07. The zero-order valence-electron chi connectivity index (χ0n) is 15.6. The summed E-state index contributed by atoms with van der Waals surface area (Å²) in [5.74, 6) is -4.06. The number of hydrogen-bond acceptors (Lipinski definition) is 8. The Morgan fingerprint density at radius 3 is 2.61 bits per heavy atom. The highest BCUT2D eigenvalue weighted by Gasteiger charge is 2.38. The van der Waals surface area contributed by atoms with Crippen molar-refractivity contribution < 1.29 is 33.7 Å². The van der Waals surface area contributed by atoms with Crippen LogP contribution >= 0.6 is 0 Å². The van der Waals surface area contributed by atoms with Crippen LogP contribution in [-0.4, -0.2) is 48.1 Å². The Balaban J connectivity index is 1.72. The number of carbonyl (C=O) groups is 3. The molecule has 0 amide bonds. The molecule has 0 spiro atoms. The molecule has 1 unspecified atom stereocenters. The Morgan fingerprint density at radius 2 is 2.00 bits per heavy atom. The van der Waals surface area contributed by atoms with E-state index in [-0.39, 0.29) is 17.2 Å². The summed E-state index contributed by atoms with van der Waals surface area (Å²) in [6, 6.07) is 4.64. The highest BCUT2D eigenvalue weighted by Crippen LogP contribution is 2.25. The maximum atomic E-state index is 11.9. The monoisotopic (exact) mass is 390 g/mol. The number of carboxylic acid groups (broad SMARTS) is 1. The van der Waals surface area contributed by atoms with Crippen molar-refractivity contribution >= 4 is 29.3 Å². The molecule has 0 aromatic heterocycles. The molecular formula is C19H22N2O7. The van der Waals surface area contributed by atoms with E-state index in [1.54, 1.807) is 12.1 Å². The minimum absolute atomic E-state index is 0.0522. The van der Waals surface area contributed by atoms with Crippen LogP contribution in [-0.2, 0) is 23.8 Å². The van der Waals surface area contributed by atoms with E-state index in [0.717, 1.165) is 25.6 Å². The molecule has 1 aromatic carbocycles. The van der Waals surface area contributed by atoms with Gasteiger partial charge in [-0.2, -0.15) is 0 Å². The Morgan fingerprint density at radius 1 is 1.29 bits per heavy atom. The lowest BCUT2D eigenvalue weighted by atomic mass is 10.1. The average Bonchev–Trinajstić information content (AvgIpc) is 3.12. The minimum Gasteiger partial charge on any atom is -0.478 e. The van der Waals surface area contributed by atoms with E-state index in [1.165, 1.54) is 19.9 Å². The van der Waals surface area contributed by atoms with Gasteiger partial charge in [-0.05, 0) is 31.0 Å². The molecule has 2 saturated heterocycles. The van der Waals surface area contributed by atoms with Crippen LogP contribution in [0, 0.1) is 0 Å². The van der Waals surface area contributed by atoms with Crippen molar-refractivity contribution in [3.8, 4) is 0 Å². The standard InChI is InChI=1S/C19H22N2O7/c1-19(2)27-17(24)14(18(25)28-19)10-20-11-5-6-15(13(8-11)16(22)23)21-9-12-4-3-7-26-12/h5-6,8,10,12,20-21H,3-4,7,9H2,1-2H3,(H,22,23). The van der Waals surface area contributed by atoms with Gasteiger partial charge >= 0.3 is 17.9 Å². The van der Waals surface area contributed by atoms with Crippen molar-refractivity contribution in [1.29, 1.82) is 0 Å². The molecule has 1 atom stereocenters. The fourth-order valence-corrected chi connectivity index (χ4v) is 2.93. The number of esters is 2. The first-order valence-electron chi connectivity index (χ1n) is 8.91. The van der Waals surface area contributed by atoms with Crippen molar-refractivity contribution in [2.45, 2.75) is 38.6 Å². The second-order valence-corrected chi connectivity index (χ2v) is 6.96. The number of ether oxygens (including phenoxy) is 3. The van der Waals surface area contributed by atoms with Gasteiger partial charge < -0.3 is 30.0 Å². The largest absolute Gasteiger partial charge is 0.478 e. The van der Waals surface area contributed by atoms with E-state index in [2.05, 4.69) is 10.6 Å². The zero-order chi connectivity index (χ0) is 20.3. The quantitative estimate of drug-likeness (QED) is 0.381. The molecule has 3 rings (SSSR count). The van der Waals surface area contributed by atoms with Gasteiger partial charge in [0.05, 0.1) is 11.7 Å². The van der Waals surface area contributed by atoms with Gasteiger partial charge in [0.15, 0.2) is 5.57 Å². The summed E-state index contributed by atoms with van der Waals surface area (Å²) in [5, 5.41) is 15.3. The Bertz CT molecular complexity index is 804. The summed E-state index contributed by atoms with van der Waals surface area (Å²) in [7, 11) is 0. The zero-order valence-corrected chi connectivity index (χ0v) is 15.6. The Labute approximate surface area is 161 Å². The number of hydrogen-bond donors (Lipinski definition) is 3. The van der Waals surface area contributed by atoms with Gasteiger partial charge in [0.1, 0.15) is 0 Å². The molecule has 9 nitrogen and oxygen atoms in total. The molecular weight excluding hydrogens is 368 g/mol. The van der Waals surface area contributed by atoms with E-state index in [9.17, 15) is 19.5 Å². The molecule has 2 heterocycles. The lowest BCUT2D eigenvalue weighted by Gasteiger charge is -2.29. The van der Waals surface area contributed by atoms with Gasteiger partial charge in [-0.15, -0.1) is 0 Å². The van der Waals surface area contributed by atoms with Crippen molar-refractivity contribution in [3.63, 3.8) is 0 Å². The second kappa shape index (κ2) is 7.89. The molecule has 0 radical (unpaired) electrons. The fourth-order valence-electron chi connectivity index (χ4n) is 2.93. The third kappa shape index (κ3) is 4.61. The second-order valence-electron chi connectivity index (χ2n) is 6.96. The molecule has 2 fully saturated rings. The van der Waals surface area contributed by atoms with Crippen LogP contribution < -0.4 is 10.6 Å². The van der Waals surface area contributed by atoms with Crippen LogP contribution in [0.3, 0.4) is 0 Å². The first kappa shape index (κ1) is 19.7. The molecule has 2 aliphatic rings. The van der Waals surface area contributed by atoms with E-state index < -0.39 is 23.7 Å². The topological polar surface area (TPSA) is 123 Å². The van der Waals surface area contributed by atoms with Gasteiger partial charge in [-0.25, -0.2) is 14.4 Å². The van der Waals surface area contributed by atoms with Crippen LogP contribution in [0.15, 0.2) is 30.0 Å². The van der Waals surface area contributed by atoms with Gasteiger partial charge in [0.2, 0.25) is 0 Å². The molecule has 9 heteroatoms. The number of aromatic carboxylic acids is 1. The third-order valence-electron chi connectivity index (χ3n) is 4.29. The smallest absolute Gasteiger partial charge is 0.350 e. The summed E-state index contributed by atoms with van der Waals surface area (Å²) in [6.45, 7) is 4.14. The van der Waals surface area contributed by atoms with E-state index >= 15 is 0 Å². The summed E-state index contributed by atoms with van der Waals surface area (Å²) in [4.78, 5) is 35.5. The van der Waals surface area contributed by atoms with Crippen LogP contribution in [0.25, 0.3) is 0 Å². The van der Waals surface area contributed by atoms with Crippen molar-refractivity contribution in [3.05, 3.63) is 35.5 Å². The van der Waals surface area contributed by atoms with Crippen LogP contribution in [0.4, 0.5) is 11.4 Å². The summed E-state index contributed by atoms with van der Waals surface area (Å²) in [5.41, 5.74) is 0.588. The lowest BCUT2D eigenvalue weighted by Crippen LogP contribution is -2.42. The first-order valence-corrected chi connectivity index (χ1v) is 8.91. The molecule has 0 aliphatic carbocycles. The number of rotatable bonds is 6. The van der Waals surface area contributed by atoms with Crippen LogP contribution in [0.5, 0.6) is 0 Å². The van der Waals surface area contributed by atoms with Gasteiger partial charge in [-0.1, -0.05) is 0 Å². The molecule has 1 aromatic rings. The predicted molar refractivity (Wildman–Crippen MR) is 98.8 cm³/mol. The van der Waals surface area contributed by atoms with Crippen molar-refractivity contribution in [1.82, 2.24) is 0 Å². The fraction of sp³-hybridized carbons (Fsp3) is 0.421. The number of nitrogens with one attached hydrogen (secondary N) is 2. The number of cyclic esters (lactones) is 2. The molecule has 150 valence electrons. The highest BCUT2D eigenvalue weighted by atomic mass is 16.7. The number of carbonyl (C=O) groups excluding carboxylic acids is 2. The first-order chi connectivity index (χ1) is 13.2. The third-order valence-corrected chi connectivity index (χ3v) is 4.29. The molecule has 0 saturated carbocycles.